The van der Waals surface area contributed by atoms with Gasteiger partial charge in [-0.1, -0.05) is 40.5 Å². The summed E-state index contributed by atoms with van der Waals surface area (Å²) in [6.07, 6.45) is 2.35. The molecular weight excluding hydrogens is 246 g/mol. The van der Waals surface area contributed by atoms with Crippen molar-refractivity contribution in [3.63, 3.8) is 0 Å². The average molecular weight is 273 g/mol. The van der Waals surface area contributed by atoms with Crippen LogP contribution in [0.2, 0.25) is 0 Å². The van der Waals surface area contributed by atoms with Crippen LogP contribution in [0.3, 0.4) is 0 Å². The molecule has 5 nitrogen and oxygen atoms in total. The summed E-state index contributed by atoms with van der Waals surface area (Å²) >= 11 is 0. The zero-order chi connectivity index (χ0) is 15.0. The van der Waals surface area contributed by atoms with Crippen LogP contribution in [-0.4, -0.2) is 46.2 Å². The number of aliphatic carboxylic acids is 2. The van der Waals surface area contributed by atoms with E-state index in [9.17, 15) is 14.7 Å². The predicted octanol–water partition coefficient (Wildman–Crippen LogP) is 2.31. The Hall–Kier alpha value is -1.10. The molecule has 0 bridgehead atoms. The first-order valence-electron chi connectivity index (χ1n) is 6.99. The topological polar surface area (TPSA) is 77.8 Å². The Morgan fingerprint density at radius 3 is 2.00 bits per heavy atom. The Kier molecular flexibility index (Phi) is 8.39. The van der Waals surface area contributed by atoms with Crippen molar-refractivity contribution in [3.05, 3.63) is 0 Å². The molecule has 2 N–H and O–H groups in total. The first kappa shape index (κ1) is 17.9. The van der Waals surface area contributed by atoms with Gasteiger partial charge in [-0.2, -0.15) is 0 Å². The monoisotopic (exact) mass is 273 g/mol. The lowest BCUT2D eigenvalue weighted by molar-refractivity contribution is -0.147. The summed E-state index contributed by atoms with van der Waals surface area (Å²) < 4.78 is 0. The molecule has 0 aliphatic carbocycles. The van der Waals surface area contributed by atoms with Gasteiger partial charge in [0.05, 0.1) is 5.92 Å². The van der Waals surface area contributed by atoms with Crippen LogP contribution in [0.4, 0.5) is 0 Å². The standard InChI is InChI=1S/C14H27NO4/c1-5-6-7-12(14(18)19)15(8-10(2)3)9-11(4)13(16)17/h10-12H,5-9H2,1-4H3,(H,16,17)(H,18,19). The Morgan fingerprint density at radius 2 is 1.63 bits per heavy atom. The van der Waals surface area contributed by atoms with Crippen LogP contribution < -0.4 is 0 Å². The van der Waals surface area contributed by atoms with Gasteiger partial charge in [0.25, 0.3) is 0 Å². The maximum atomic E-state index is 11.4. The van der Waals surface area contributed by atoms with E-state index in [1.165, 1.54) is 0 Å². The third-order valence-electron chi connectivity index (χ3n) is 3.09. The second-order valence-electron chi connectivity index (χ2n) is 5.58. The number of hydrogen-bond donors (Lipinski definition) is 2. The number of carboxylic acids is 2. The van der Waals surface area contributed by atoms with Crippen LogP contribution in [-0.2, 0) is 9.59 Å². The molecule has 0 saturated carbocycles. The summed E-state index contributed by atoms with van der Waals surface area (Å²) in [4.78, 5) is 24.2. The van der Waals surface area contributed by atoms with E-state index >= 15 is 0 Å². The van der Waals surface area contributed by atoms with Crippen molar-refractivity contribution in [1.82, 2.24) is 4.90 Å². The van der Waals surface area contributed by atoms with Gasteiger partial charge in [-0.25, -0.2) is 0 Å². The highest BCUT2D eigenvalue weighted by Crippen LogP contribution is 2.14. The van der Waals surface area contributed by atoms with Crippen LogP contribution in [0.1, 0.15) is 47.0 Å². The highest BCUT2D eigenvalue weighted by molar-refractivity contribution is 5.74. The van der Waals surface area contributed by atoms with E-state index in [4.69, 9.17) is 5.11 Å². The van der Waals surface area contributed by atoms with E-state index in [2.05, 4.69) is 0 Å². The molecule has 0 spiro atoms. The smallest absolute Gasteiger partial charge is 0.320 e. The first-order chi connectivity index (χ1) is 8.79. The lowest BCUT2D eigenvalue weighted by Crippen LogP contribution is -2.46. The van der Waals surface area contributed by atoms with Gasteiger partial charge in [0.1, 0.15) is 6.04 Å². The lowest BCUT2D eigenvalue weighted by Gasteiger charge is -2.31. The van der Waals surface area contributed by atoms with Crippen molar-refractivity contribution in [1.29, 1.82) is 0 Å². The van der Waals surface area contributed by atoms with E-state index < -0.39 is 23.9 Å². The van der Waals surface area contributed by atoms with Gasteiger partial charge >= 0.3 is 11.9 Å². The molecule has 2 unspecified atom stereocenters. The van der Waals surface area contributed by atoms with Gasteiger partial charge in [0.2, 0.25) is 0 Å². The molecule has 5 heteroatoms. The Labute approximate surface area is 115 Å². The highest BCUT2D eigenvalue weighted by Gasteiger charge is 2.28. The molecule has 112 valence electrons. The van der Waals surface area contributed by atoms with Crippen LogP contribution >= 0.6 is 0 Å². The van der Waals surface area contributed by atoms with Gasteiger partial charge in [-0.3, -0.25) is 14.5 Å². The Morgan fingerprint density at radius 1 is 1.05 bits per heavy atom. The largest absolute Gasteiger partial charge is 0.481 e. The van der Waals surface area contributed by atoms with Gasteiger partial charge in [0.15, 0.2) is 0 Å². The zero-order valence-corrected chi connectivity index (χ0v) is 12.4. The van der Waals surface area contributed by atoms with Crippen molar-refractivity contribution in [2.24, 2.45) is 11.8 Å². The molecule has 0 rings (SSSR count). The zero-order valence-electron chi connectivity index (χ0n) is 12.4. The second-order valence-corrected chi connectivity index (χ2v) is 5.58. The number of carboxylic acid groups (broad SMARTS) is 2. The number of hydrogen-bond acceptors (Lipinski definition) is 3. The SMILES string of the molecule is CCCCC(C(=O)O)N(CC(C)C)CC(C)C(=O)O. The predicted molar refractivity (Wildman–Crippen MR) is 74.2 cm³/mol. The quantitative estimate of drug-likeness (QED) is 0.638. The number of carbonyl (C=O) groups is 2. The maximum Gasteiger partial charge on any atom is 0.320 e. The van der Waals surface area contributed by atoms with Crippen molar-refractivity contribution < 1.29 is 19.8 Å². The third-order valence-corrected chi connectivity index (χ3v) is 3.09. The summed E-state index contributed by atoms with van der Waals surface area (Å²) in [5.74, 6) is -1.98. The average Bonchev–Trinajstić information content (AvgIpc) is 2.27. The molecule has 0 heterocycles. The normalized spacial score (nSPS) is 14.6. The van der Waals surface area contributed by atoms with Crippen molar-refractivity contribution in [3.8, 4) is 0 Å². The van der Waals surface area contributed by atoms with Gasteiger partial charge in [-0.05, 0) is 12.3 Å². The summed E-state index contributed by atoms with van der Waals surface area (Å²) in [6.45, 7) is 8.56. The number of nitrogens with zero attached hydrogens (tertiary/aromatic N) is 1. The fourth-order valence-corrected chi connectivity index (χ4v) is 2.09. The van der Waals surface area contributed by atoms with Crippen molar-refractivity contribution in [2.45, 2.75) is 53.0 Å². The molecule has 0 aliphatic rings. The fraction of sp³-hybridized carbons (Fsp3) is 0.857. The molecule has 0 radical (unpaired) electrons. The van der Waals surface area contributed by atoms with Crippen LogP contribution in [0, 0.1) is 11.8 Å². The van der Waals surface area contributed by atoms with E-state index in [1.807, 2.05) is 20.8 Å². The molecule has 0 aromatic rings. The third kappa shape index (κ3) is 7.15. The fourth-order valence-electron chi connectivity index (χ4n) is 2.09. The van der Waals surface area contributed by atoms with Crippen LogP contribution in [0.5, 0.6) is 0 Å². The van der Waals surface area contributed by atoms with E-state index in [0.29, 0.717) is 18.9 Å². The molecule has 0 aromatic heterocycles. The van der Waals surface area contributed by atoms with Crippen molar-refractivity contribution in [2.75, 3.05) is 13.1 Å². The molecule has 19 heavy (non-hydrogen) atoms. The second kappa shape index (κ2) is 8.91. The number of unbranched alkanes of at least 4 members (excludes halogenated alkanes) is 1. The van der Waals surface area contributed by atoms with E-state index in [-0.39, 0.29) is 6.54 Å². The molecule has 0 amide bonds. The molecule has 0 aromatic carbocycles. The van der Waals surface area contributed by atoms with E-state index in [0.717, 1.165) is 12.8 Å². The Bertz CT molecular complexity index is 291. The molecule has 0 fully saturated rings. The van der Waals surface area contributed by atoms with Crippen molar-refractivity contribution >= 4 is 11.9 Å². The molecule has 2 atom stereocenters. The molecular formula is C14H27NO4. The van der Waals surface area contributed by atoms with Crippen LogP contribution in [0.25, 0.3) is 0 Å². The Balaban J connectivity index is 4.84. The van der Waals surface area contributed by atoms with Gasteiger partial charge in [-0.15, -0.1) is 0 Å². The van der Waals surface area contributed by atoms with E-state index in [1.54, 1.807) is 11.8 Å². The summed E-state index contributed by atoms with van der Waals surface area (Å²) in [5.41, 5.74) is 0. The summed E-state index contributed by atoms with van der Waals surface area (Å²) in [5, 5.41) is 18.3. The van der Waals surface area contributed by atoms with Crippen LogP contribution in [0.15, 0.2) is 0 Å². The summed E-state index contributed by atoms with van der Waals surface area (Å²) in [7, 11) is 0. The minimum atomic E-state index is -0.881. The minimum absolute atomic E-state index is 0.286. The minimum Gasteiger partial charge on any atom is -0.481 e. The van der Waals surface area contributed by atoms with Gasteiger partial charge in [0, 0.05) is 13.1 Å². The highest BCUT2D eigenvalue weighted by atomic mass is 16.4. The summed E-state index contributed by atoms with van der Waals surface area (Å²) in [6, 6.07) is -0.579. The first-order valence-corrected chi connectivity index (χ1v) is 6.99. The maximum absolute atomic E-state index is 11.4. The molecule has 0 saturated heterocycles. The van der Waals surface area contributed by atoms with Gasteiger partial charge < -0.3 is 10.2 Å². The number of rotatable bonds is 10. The molecule has 0 aliphatic heterocycles. The lowest BCUT2D eigenvalue weighted by atomic mass is 10.0.